The summed E-state index contributed by atoms with van der Waals surface area (Å²) in [5.41, 5.74) is 10.8. The van der Waals surface area contributed by atoms with Gasteiger partial charge >= 0.3 is 126 Å². The Kier molecular flexibility index (Phi) is 10.6. The molecular weight excluding hydrogens is 975 g/mol. The van der Waals surface area contributed by atoms with Crippen molar-refractivity contribution in [3.8, 4) is 28.3 Å². The number of fused-ring (bicyclic) bond motifs is 8. The molecule has 7 aromatic carbocycles. The minimum absolute atomic E-state index is 0. The summed E-state index contributed by atoms with van der Waals surface area (Å²) in [7, 11) is 0. The Balaban J connectivity index is 0.000000188. The third-order valence-electron chi connectivity index (χ3n) is 11.1. The Morgan fingerprint density at radius 3 is 2.07 bits per heavy atom. The molecule has 0 N–H and O–H groups in total. The van der Waals surface area contributed by atoms with Crippen LogP contribution < -0.4 is 4.40 Å². The van der Waals surface area contributed by atoms with E-state index in [4.69, 9.17) is 18.8 Å². The van der Waals surface area contributed by atoms with Crippen molar-refractivity contribution in [3.05, 3.63) is 169 Å². The maximum atomic E-state index is 6.48. The van der Waals surface area contributed by atoms with Gasteiger partial charge in [-0.1, -0.05) is 78.2 Å². The van der Waals surface area contributed by atoms with Gasteiger partial charge < -0.3 is 13.4 Å². The molecule has 0 spiro atoms. The fourth-order valence-corrected chi connectivity index (χ4v) is 11.7. The summed E-state index contributed by atoms with van der Waals surface area (Å²) < 4.78 is 16.3. The zero-order valence-electron chi connectivity index (χ0n) is 34.2. The molecule has 0 bridgehead atoms. The molecule has 11 aromatic rings. The molecule has 0 atom stereocenters. The summed E-state index contributed by atoms with van der Waals surface area (Å²) in [4.78, 5) is 9.90. The largest absolute Gasteiger partial charge is 0.500 e. The van der Waals surface area contributed by atoms with Crippen LogP contribution in [0.4, 0.5) is 0 Å². The van der Waals surface area contributed by atoms with E-state index >= 15 is 0 Å². The molecule has 11 rings (SSSR count). The first-order valence-electron chi connectivity index (χ1n) is 20.3. The van der Waals surface area contributed by atoms with Crippen LogP contribution in [-0.2, 0) is 26.5 Å². The SMILES string of the molecule is CC(C)Cc1cc(-c2[c-]cccc2)nc[c]1[Ge]([CH3])([CH3])[CH3].[Ir].[c-]1cc2oc3ccccc3c2cc1-c1nc2cc3ccccc3cc2n1-c1cccc2c1oc1ccccc12. The van der Waals surface area contributed by atoms with Crippen LogP contribution in [0.3, 0.4) is 0 Å². The fraction of sp³-hybridized carbons (Fsp3) is 0.132. The molecule has 0 aliphatic carbocycles. The number of aromatic nitrogens is 3. The number of furan rings is 2. The number of para-hydroxylation sites is 3. The van der Waals surface area contributed by atoms with Gasteiger partial charge in [0.25, 0.3) is 0 Å². The van der Waals surface area contributed by atoms with Crippen molar-refractivity contribution in [2.45, 2.75) is 37.5 Å². The van der Waals surface area contributed by atoms with Gasteiger partial charge in [-0.2, -0.15) is 0 Å². The average molecular weight is 1020 g/mol. The summed E-state index contributed by atoms with van der Waals surface area (Å²) in [5, 5.41) is 6.62. The van der Waals surface area contributed by atoms with E-state index in [0.717, 1.165) is 100 Å². The maximum absolute atomic E-state index is 6.48. The Morgan fingerprint density at radius 2 is 1.33 bits per heavy atom. The van der Waals surface area contributed by atoms with E-state index in [2.05, 4.69) is 139 Å². The van der Waals surface area contributed by atoms with Crippen molar-refractivity contribution in [1.29, 1.82) is 0 Å². The van der Waals surface area contributed by atoms with Crippen LogP contribution in [0.2, 0.25) is 17.3 Å². The van der Waals surface area contributed by atoms with E-state index in [0.29, 0.717) is 5.92 Å². The first-order chi connectivity index (χ1) is 28.7. The van der Waals surface area contributed by atoms with E-state index < -0.39 is 13.3 Å². The smallest absolute Gasteiger partial charge is 0.158 e. The van der Waals surface area contributed by atoms with Crippen molar-refractivity contribution in [2.24, 2.45) is 5.92 Å². The molecule has 5 nitrogen and oxygen atoms in total. The molecule has 0 unspecified atom stereocenters. The van der Waals surface area contributed by atoms with E-state index in [1.165, 1.54) is 5.56 Å². The van der Waals surface area contributed by atoms with Crippen LogP contribution in [0.1, 0.15) is 19.4 Å². The maximum Gasteiger partial charge on any atom is 0.158 e. The van der Waals surface area contributed by atoms with Crippen molar-refractivity contribution >= 4 is 83.3 Å². The molecule has 0 aliphatic rings. The monoisotopic (exact) mass is 1020 g/mol. The van der Waals surface area contributed by atoms with Gasteiger partial charge in [0.2, 0.25) is 0 Å². The van der Waals surface area contributed by atoms with E-state index in [1.54, 1.807) is 4.40 Å². The topological polar surface area (TPSA) is 57.0 Å². The van der Waals surface area contributed by atoms with Crippen LogP contribution in [-0.4, -0.2) is 27.8 Å². The number of nitrogens with zero attached hydrogens (tertiary/aromatic N) is 3. The Labute approximate surface area is 365 Å². The predicted molar refractivity (Wildman–Crippen MR) is 247 cm³/mol. The molecule has 0 amide bonds. The van der Waals surface area contributed by atoms with Gasteiger partial charge in [0, 0.05) is 36.3 Å². The Hall–Kier alpha value is -5.79. The van der Waals surface area contributed by atoms with E-state index in [9.17, 15) is 0 Å². The molecule has 7 heteroatoms. The van der Waals surface area contributed by atoms with Crippen molar-refractivity contribution in [2.75, 3.05) is 0 Å². The number of hydrogen-bond acceptors (Lipinski definition) is 4. The second kappa shape index (κ2) is 16.0. The van der Waals surface area contributed by atoms with E-state index in [-0.39, 0.29) is 20.1 Å². The molecular formula is C53H43GeIrN3O2-2. The third-order valence-corrected chi connectivity index (χ3v) is 15.4. The summed E-state index contributed by atoms with van der Waals surface area (Å²) >= 11 is -1.86. The summed E-state index contributed by atoms with van der Waals surface area (Å²) in [5.74, 6) is 8.80. The minimum Gasteiger partial charge on any atom is -0.500 e. The second-order valence-corrected chi connectivity index (χ2v) is 27.4. The molecule has 60 heavy (non-hydrogen) atoms. The predicted octanol–water partition coefficient (Wildman–Crippen LogP) is 13.7. The summed E-state index contributed by atoms with van der Waals surface area (Å²) in [6.45, 7) is 4.57. The molecule has 0 fully saturated rings. The van der Waals surface area contributed by atoms with Gasteiger partial charge in [-0.25, -0.2) is 0 Å². The summed E-state index contributed by atoms with van der Waals surface area (Å²) in [6, 6.07) is 56.6. The molecule has 0 saturated carbocycles. The van der Waals surface area contributed by atoms with Gasteiger partial charge in [-0.15, -0.1) is 23.8 Å². The van der Waals surface area contributed by atoms with Crippen LogP contribution >= 0.6 is 0 Å². The van der Waals surface area contributed by atoms with Gasteiger partial charge in [0.1, 0.15) is 11.2 Å². The minimum atomic E-state index is -1.86. The molecule has 297 valence electrons. The molecule has 0 aliphatic heterocycles. The first-order valence-corrected chi connectivity index (χ1v) is 27.7. The zero-order valence-corrected chi connectivity index (χ0v) is 38.7. The summed E-state index contributed by atoms with van der Waals surface area (Å²) in [6.07, 6.45) is 3.27. The molecule has 0 saturated heterocycles. The Morgan fingerprint density at radius 1 is 0.650 bits per heavy atom. The standard InChI is InChI=1S/C35H19N2O2.C18H24GeN.Ir/c1-2-9-22-20-30-28(19-21(22)8-1)36-35(23-16-17-33-27(18-23)25-11-4-5-14-31(25)38-33)37(30)29-13-7-12-26-24-10-3-6-15-32(24)39-34(26)29;1-14(2)11-16-12-18(15-9-7-6-8-10-15)20-13-17(16)19(3,4)5;/h1-15,17-20H;6-9,12-14H,11H2,1-5H3;/q2*-1;. The normalized spacial score (nSPS) is 11.8. The van der Waals surface area contributed by atoms with Crippen LogP contribution in [0, 0.1) is 18.1 Å². The van der Waals surface area contributed by atoms with Gasteiger partial charge in [-0.05, 0) is 41.1 Å². The van der Waals surface area contributed by atoms with Crippen molar-refractivity contribution < 1.29 is 28.9 Å². The van der Waals surface area contributed by atoms with E-state index in [1.807, 2.05) is 60.7 Å². The van der Waals surface area contributed by atoms with Gasteiger partial charge in [-0.3, -0.25) is 4.98 Å². The van der Waals surface area contributed by atoms with Gasteiger partial charge in [0.15, 0.2) is 5.58 Å². The molecule has 4 heterocycles. The molecule has 1 radical (unpaired) electrons. The van der Waals surface area contributed by atoms with Crippen molar-refractivity contribution in [3.63, 3.8) is 0 Å². The number of pyridine rings is 1. The third kappa shape index (κ3) is 7.27. The average Bonchev–Trinajstić information content (AvgIpc) is 3.94. The van der Waals surface area contributed by atoms with Crippen LogP contribution in [0.15, 0.2) is 161 Å². The number of hydrogen-bond donors (Lipinski definition) is 0. The van der Waals surface area contributed by atoms with Crippen LogP contribution in [0.5, 0.6) is 0 Å². The number of rotatable bonds is 6. The first kappa shape index (κ1) is 39.7. The molecule has 4 aromatic heterocycles. The number of imidazole rings is 1. The number of benzene rings is 7. The van der Waals surface area contributed by atoms with Crippen molar-refractivity contribution in [1.82, 2.24) is 14.5 Å². The Bertz CT molecular complexity index is 3340. The van der Waals surface area contributed by atoms with Gasteiger partial charge in [0.05, 0.1) is 28.1 Å². The van der Waals surface area contributed by atoms with Crippen LogP contribution in [0.25, 0.3) is 94.0 Å². The fourth-order valence-electron chi connectivity index (χ4n) is 8.38. The zero-order chi connectivity index (χ0) is 40.3. The second-order valence-electron chi connectivity index (χ2n) is 16.8. The quantitative estimate of drug-likeness (QED) is 0.123.